The predicted molar refractivity (Wildman–Crippen MR) is 57.4 cm³/mol. The van der Waals surface area contributed by atoms with Gasteiger partial charge in [0, 0.05) is 30.7 Å². The minimum absolute atomic E-state index is 0.258. The number of nitrogens with zero attached hydrogens (tertiary/aromatic N) is 3. The standard InChI is InChI=1S/C11H11N3O/c1-8-4-3-5-10(13-8)9-6-12-11(15)14(2)7-9/h3-7H,1-2H3. The van der Waals surface area contributed by atoms with Gasteiger partial charge in [-0.3, -0.25) is 4.98 Å². The van der Waals surface area contributed by atoms with Crippen molar-refractivity contribution in [2.24, 2.45) is 7.05 Å². The summed E-state index contributed by atoms with van der Waals surface area (Å²) in [6.45, 7) is 1.93. The Balaban J connectivity index is 2.55. The van der Waals surface area contributed by atoms with Gasteiger partial charge >= 0.3 is 5.69 Å². The molecule has 0 fully saturated rings. The molecule has 0 saturated carbocycles. The third-order valence-corrected chi connectivity index (χ3v) is 2.13. The topological polar surface area (TPSA) is 47.8 Å². The highest BCUT2D eigenvalue weighted by atomic mass is 16.1. The molecule has 76 valence electrons. The Morgan fingerprint density at radius 2 is 2.13 bits per heavy atom. The van der Waals surface area contributed by atoms with Crippen molar-refractivity contribution in [1.29, 1.82) is 0 Å². The summed E-state index contributed by atoms with van der Waals surface area (Å²) in [5, 5.41) is 0. The number of aromatic nitrogens is 3. The van der Waals surface area contributed by atoms with E-state index < -0.39 is 0 Å². The van der Waals surface area contributed by atoms with Crippen LogP contribution in [0, 0.1) is 6.92 Å². The normalized spacial score (nSPS) is 10.3. The predicted octanol–water partition coefficient (Wildman–Crippen LogP) is 1.15. The van der Waals surface area contributed by atoms with Crippen molar-refractivity contribution in [3.05, 3.63) is 46.8 Å². The van der Waals surface area contributed by atoms with E-state index in [0.29, 0.717) is 0 Å². The Hall–Kier alpha value is -1.97. The molecule has 0 aliphatic heterocycles. The third-order valence-electron chi connectivity index (χ3n) is 2.13. The number of aryl methyl sites for hydroxylation is 2. The van der Waals surface area contributed by atoms with E-state index in [1.165, 1.54) is 4.57 Å². The van der Waals surface area contributed by atoms with Crippen molar-refractivity contribution in [2.45, 2.75) is 6.92 Å². The van der Waals surface area contributed by atoms with E-state index in [-0.39, 0.29) is 5.69 Å². The first-order valence-corrected chi connectivity index (χ1v) is 4.63. The summed E-state index contributed by atoms with van der Waals surface area (Å²) in [7, 11) is 1.68. The van der Waals surface area contributed by atoms with Crippen molar-refractivity contribution in [3.63, 3.8) is 0 Å². The summed E-state index contributed by atoms with van der Waals surface area (Å²) in [4.78, 5) is 19.2. The van der Waals surface area contributed by atoms with Gasteiger partial charge in [0.25, 0.3) is 0 Å². The van der Waals surface area contributed by atoms with E-state index in [9.17, 15) is 4.79 Å². The van der Waals surface area contributed by atoms with E-state index in [2.05, 4.69) is 9.97 Å². The van der Waals surface area contributed by atoms with Crippen LogP contribution in [0.15, 0.2) is 35.4 Å². The fourth-order valence-electron chi connectivity index (χ4n) is 1.35. The first-order valence-electron chi connectivity index (χ1n) is 4.63. The fourth-order valence-corrected chi connectivity index (χ4v) is 1.35. The van der Waals surface area contributed by atoms with Gasteiger partial charge in [-0.1, -0.05) is 6.07 Å². The number of rotatable bonds is 1. The van der Waals surface area contributed by atoms with Crippen LogP contribution in [0.1, 0.15) is 5.69 Å². The van der Waals surface area contributed by atoms with Crippen LogP contribution >= 0.6 is 0 Å². The second kappa shape index (κ2) is 3.65. The molecule has 2 heterocycles. The minimum Gasteiger partial charge on any atom is -0.302 e. The summed E-state index contributed by atoms with van der Waals surface area (Å²) < 4.78 is 1.44. The summed E-state index contributed by atoms with van der Waals surface area (Å²) >= 11 is 0. The van der Waals surface area contributed by atoms with Crippen LogP contribution < -0.4 is 5.69 Å². The van der Waals surface area contributed by atoms with Crippen molar-refractivity contribution in [1.82, 2.24) is 14.5 Å². The molecule has 0 radical (unpaired) electrons. The van der Waals surface area contributed by atoms with Crippen LogP contribution in [-0.4, -0.2) is 14.5 Å². The highest BCUT2D eigenvalue weighted by Crippen LogP contribution is 2.13. The lowest BCUT2D eigenvalue weighted by Crippen LogP contribution is -2.18. The zero-order valence-corrected chi connectivity index (χ0v) is 8.64. The van der Waals surface area contributed by atoms with Gasteiger partial charge in [0.1, 0.15) is 0 Å². The number of hydrogen-bond acceptors (Lipinski definition) is 3. The van der Waals surface area contributed by atoms with E-state index in [1.807, 2.05) is 25.1 Å². The average Bonchev–Trinajstić information content (AvgIpc) is 2.22. The largest absolute Gasteiger partial charge is 0.347 e. The molecule has 4 heteroatoms. The molecular weight excluding hydrogens is 190 g/mol. The van der Waals surface area contributed by atoms with Crippen LogP contribution in [0.25, 0.3) is 11.3 Å². The summed E-state index contributed by atoms with van der Waals surface area (Å²) in [5.74, 6) is 0. The van der Waals surface area contributed by atoms with E-state index in [1.54, 1.807) is 19.4 Å². The van der Waals surface area contributed by atoms with Crippen LogP contribution in [-0.2, 0) is 7.05 Å². The highest BCUT2D eigenvalue weighted by Gasteiger charge is 2.01. The summed E-state index contributed by atoms with van der Waals surface area (Å²) in [6.07, 6.45) is 3.28. The summed E-state index contributed by atoms with van der Waals surface area (Å²) in [5.41, 5.74) is 2.37. The molecule has 4 nitrogen and oxygen atoms in total. The lowest BCUT2D eigenvalue weighted by atomic mass is 10.2. The van der Waals surface area contributed by atoms with Gasteiger partial charge in [-0.15, -0.1) is 0 Å². The highest BCUT2D eigenvalue weighted by molar-refractivity contribution is 5.56. The van der Waals surface area contributed by atoms with Gasteiger partial charge in [-0.25, -0.2) is 9.78 Å². The molecule has 2 rings (SSSR count). The van der Waals surface area contributed by atoms with Gasteiger partial charge in [0.2, 0.25) is 0 Å². The summed E-state index contributed by atoms with van der Waals surface area (Å²) in [6, 6.07) is 5.76. The molecule has 0 aliphatic rings. The number of hydrogen-bond donors (Lipinski definition) is 0. The Morgan fingerprint density at radius 1 is 1.33 bits per heavy atom. The maximum atomic E-state index is 11.1. The average molecular weight is 201 g/mol. The van der Waals surface area contributed by atoms with E-state index >= 15 is 0 Å². The number of pyridine rings is 1. The Bertz CT molecular complexity index is 546. The maximum Gasteiger partial charge on any atom is 0.347 e. The van der Waals surface area contributed by atoms with Gasteiger partial charge in [0.05, 0.1) is 5.69 Å². The fraction of sp³-hybridized carbons (Fsp3) is 0.182. The Morgan fingerprint density at radius 3 is 2.80 bits per heavy atom. The molecule has 0 N–H and O–H groups in total. The zero-order chi connectivity index (χ0) is 10.8. The Kier molecular flexibility index (Phi) is 2.33. The minimum atomic E-state index is -0.258. The molecule has 0 saturated heterocycles. The van der Waals surface area contributed by atoms with Gasteiger partial charge in [-0.05, 0) is 19.1 Å². The molecule has 0 aromatic carbocycles. The quantitative estimate of drug-likeness (QED) is 0.695. The molecular formula is C11H11N3O. The molecule has 2 aromatic heterocycles. The van der Waals surface area contributed by atoms with Crippen molar-refractivity contribution < 1.29 is 0 Å². The molecule has 15 heavy (non-hydrogen) atoms. The first-order chi connectivity index (χ1) is 7.16. The van der Waals surface area contributed by atoms with E-state index in [0.717, 1.165) is 17.0 Å². The van der Waals surface area contributed by atoms with Crippen LogP contribution in [0.3, 0.4) is 0 Å². The Labute approximate surface area is 87.2 Å². The van der Waals surface area contributed by atoms with E-state index in [4.69, 9.17) is 0 Å². The SMILES string of the molecule is Cc1cccc(-c2cnc(=O)n(C)c2)n1. The lowest BCUT2D eigenvalue weighted by Gasteiger charge is -2.02. The zero-order valence-electron chi connectivity index (χ0n) is 8.64. The molecule has 0 bridgehead atoms. The van der Waals surface area contributed by atoms with Crippen molar-refractivity contribution in [3.8, 4) is 11.3 Å². The van der Waals surface area contributed by atoms with Crippen molar-refractivity contribution in [2.75, 3.05) is 0 Å². The molecule has 0 amide bonds. The monoisotopic (exact) mass is 201 g/mol. The smallest absolute Gasteiger partial charge is 0.302 e. The van der Waals surface area contributed by atoms with Gasteiger partial charge in [-0.2, -0.15) is 0 Å². The molecule has 0 spiro atoms. The molecule has 2 aromatic rings. The first kappa shape index (κ1) is 9.58. The molecule has 0 atom stereocenters. The van der Waals surface area contributed by atoms with Crippen LogP contribution in [0.5, 0.6) is 0 Å². The maximum absolute atomic E-state index is 11.1. The van der Waals surface area contributed by atoms with Gasteiger partial charge in [0.15, 0.2) is 0 Å². The van der Waals surface area contributed by atoms with Crippen LogP contribution in [0.2, 0.25) is 0 Å². The third kappa shape index (κ3) is 1.93. The second-order valence-corrected chi connectivity index (χ2v) is 3.40. The molecule has 0 aliphatic carbocycles. The second-order valence-electron chi connectivity index (χ2n) is 3.40. The van der Waals surface area contributed by atoms with Gasteiger partial charge < -0.3 is 4.57 Å². The molecule has 0 unspecified atom stereocenters. The van der Waals surface area contributed by atoms with Crippen molar-refractivity contribution >= 4 is 0 Å². The lowest BCUT2D eigenvalue weighted by molar-refractivity contribution is 0.811. The van der Waals surface area contributed by atoms with Crippen LogP contribution in [0.4, 0.5) is 0 Å².